The zero-order valence-electron chi connectivity index (χ0n) is 12.1. The van der Waals surface area contributed by atoms with Crippen molar-refractivity contribution in [1.82, 2.24) is 4.98 Å². The highest BCUT2D eigenvalue weighted by molar-refractivity contribution is 5.86. The second-order valence-electron chi connectivity index (χ2n) is 4.79. The number of nitrogens with one attached hydrogen (secondary N) is 1. The van der Waals surface area contributed by atoms with Gasteiger partial charge in [0.05, 0.1) is 5.52 Å². The van der Waals surface area contributed by atoms with E-state index in [0.29, 0.717) is 11.3 Å². The number of carbonyl (C=O) groups is 1. The minimum absolute atomic E-state index is 0.146. The van der Waals surface area contributed by atoms with Gasteiger partial charge in [0.1, 0.15) is 19.0 Å². The number of hydrogen-bond donors (Lipinski definition) is 1. The predicted octanol–water partition coefficient (Wildman–Crippen LogP) is 2.33. The van der Waals surface area contributed by atoms with E-state index >= 15 is 0 Å². The van der Waals surface area contributed by atoms with Crippen molar-refractivity contribution >= 4 is 16.9 Å². The maximum absolute atomic E-state index is 11.5. The van der Waals surface area contributed by atoms with Crippen molar-refractivity contribution in [2.24, 2.45) is 0 Å². The first kappa shape index (κ1) is 14.8. The molecule has 1 aromatic carbocycles. The fourth-order valence-corrected chi connectivity index (χ4v) is 1.92. The largest absolute Gasteiger partial charge is 0.490 e. The van der Waals surface area contributed by atoms with Gasteiger partial charge in [-0.05, 0) is 31.5 Å². The summed E-state index contributed by atoms with van der Waals surface area (Å²) in [6, 6.07) is 7.01. The van der Waals surface area contributed by atoms with Crippen LogP contribution in [-0.4, -0.2) is 24.2 Å². The molecule has 1 aromatic heterocycles. The number of aromatic amines is 1. The molecule has 0 bridgehead atoms. The van der Waals surface area contributed by atoms with Crippen LogP contribution >= 0.6 is 0 Å². The molecule has 0 aliphatic rings. The third kappa shape index (κ3) is 3.72. The smallest absolute Gasteiger partial charge is 0.333 e. The van der Waals surface area contributed by atoms with Crippen LogP contribution in [0.25, 0.3) is 10.9 Å². The molecule has 21 heavy (non-hydrogen) atoms. The van der Waals surface area contributed by atoms with Gasteiger partial charge in [-0.15, -0.1) is 0 Å². The maximum atomic E-state index is 11.5. The van der Waals surface area contributed by atoms with Gasteiger partial charge in [-0.25, -0.2) is 4.79 Å². The zero-order chi connectivity index (χ0) is 15.4. The van der Waals surface area contributed by atoms with Gasteiger partial charge in [0, 0.05) is 23.1 Å². The molecule has 5 heteroatoms. The van der Waals surface area contributed by atoms with Crippen LogP contribution < -0.4 is 10.3 Å². The molecule has 2 aromatic rings. The van der Waals surface area contributed by atoms with Crippen LogP contribution in [0.15, 0.2) is 41.2 Å². The van der Waals surface area contributed by atoms with Crippen molar-refractivity contribution in [2.45, 2.75) is 13.8 Å². The van der Waals surface area contributed by atoms with Gasteiger partial charge in [-0.1, -0.05) is 6.58 Å². The Morgan fingerprint density at radius 3 is 2.76 bits per heavy atom. The number of benzene rings is 1. The molecule has 5 nitrogen and oxygen atoms in total. The third-order valence-corrected chi connectivity index (χ3v) is 2.96. The summed E-state index contributed by atoms with van der Waals surface area (Å²) in [5.74, 6) is 0.173. The SMILES string of the molecule is C=C(C)C(=O)OCCOc1ccc2c(C)cc(=O)[nH]c2c1. The first-order valence-corrected chi connectivity index (χ1v) is 6.56. The molecular formula is C16H17NO4. The lowest BCUT2D eigenvalue weighted by Gasteiger charge is -2.09. The van der Waals surface area contributed by atoms with Crippen molar-refractivity contribution in [2.75, 3.05) is 13.2 Å². The van der Waals surface area contributed by atoms with E-state index in [2.05, 4.69) is 11.6 Å². The van der Waals surface area contributed by atoms with Gasteiger partial charge in [0.25, 0.3) is 0 Å². The summed E-state index contributed by atoms with van der Waals surface area (Å²) < 4.78 is 10.4. The summed E-state index contributed by atoms with van der Waals surface area (Å²) in [4.78, 5) is 25.4. The number of carbonyl (C=O) groups excluding carboxylic acids is 1. The van der Waals surface area contributed by atoms with E-state index in [0.717, 1.165) is 16.5 Å². The Labute approximate surface area is 122 Å². The van der Waals surface area contributed by atoms with Gasteiger partial charge in [0.15, 0.2) is 0 Å². The monoisotopic (exact) mass is 287 g/mol. The van der Waals surface area contributed by atoms with E-state index in [1.54, 1.807) is 19.1 Å². The topological polar surface area (TPSA) is 68.4 Å². The molecule has 0 unspecified atom stereocenters. The molecule has 2 rings (SSSR count). The van der Waals surface area contributed by atoms with Crippen molar-refractivity contribution < 1.29 is 14.3 Å². The van der Waals surface area contributed by atoms with Crippen LogP contribution in [0.5, 0.6) is 5.75 Å². The lowest BCUT2D eigenvalue weighted by molar-refractivity contribution is -0.139. The first-order chi connectivity index (χ1) is 9.97. The fraction of sp³-hybridized carbons (Fsp3) is 0.250. The Bertz CT molecular complexity index is 746. The summed E-state index contributed by atoms with van der Waals surface area (Å²) in [6.07, 6.45) is 0. The molecule has 0 saturated carbocycles. The van der Waals surface area contributed by atoms with Crippen molar-refractivity contribution in [1.29, 1.82) is 0 Å². The Hall–Kier alpha value is -2.56. The quantitative estimate of drug-likeness (QED) is 0.520. The molecular weight excluding hydrogens is 270 g/mol. The number of hydrogen-bond acceptors (Lipinski definition) is 4. The van der Waals surface area contributed by atoms with E-state index in [-0.39, 0.29) is 18.8 Å². The maximum Gasteiger partial charge on any atom is 0.333 e. The van der Waals surface area contributed by atoms with Crippen LogP contribution in [-0.2, 0) is 9.53 Å². The second-order valence-corrected chi connectivity index (χ2v) is 4.79. The van der Waals surface area contributed by atoms with Gasteiger partial charge >= 0.3 is 5.97 Å². The highest BCUT2D eigenvalue weighted by Gasteiger charge is 2.04. The van der Waals surface area contributed by atoms with Gasteiger partial charge in [-0.2, -0.15) is 0 Å². The lowest BCUT2D eigenvalue weighted by Crippen LogP contribution is -2.12. The number of aryl methyl sites for hydroxylation is 1. The van der Waals surface area contributed by atoms with Crippen molar-refractivity contribution in [3.05, 3.63) is 52.3 Å². The van der Waals surface area contributed by atoms with E-state index in [9.17, 15) is 9.59 Å². The molecule has 0 amide bonds. The van der Waals surface area contributed by atoms with Gasteiger partial charge in [-0.3, -0.25) is 4.79 Å². The minimum Gasteiger partial charge on any atom is -0.490 e. The number of fused-ring (bicyclic) bond motifs is 1. The zero-order valence-corrected chi connectivity index (χ0v) is 12.1. The van der Waals surface area contributed by atoms with Crippen LogP contribution in [0, 0.1) is 6.92 Å². The van der Waals surface area contributed by atoms with Crippen LogP contribution in [0.4, 0.5) is 0 Å². The number of aromatic nitrogens is 1. The molecule has 0 radical (unpaired) electrons. The number of ether oxygens (including phenoxy) is 2. The standard InChI is InChI=1S/C16H17NO4/c1-10(2)16(19)21-7-6-20-12-4-5-13-11(3)8-15(18)17-14(13)9-12/h4-5,8-9H,1,6-7H2,2-3H3,(H,17,18). The van der Waals surface area contributed by atoms with E-state index < -0.39 is 5.97 Å². The Balaban J connectivity index is 2.02. The van der Waals surface area contributed by atoms with Crippen molar-refractivity contribution in [3.63, 3.8) is 0 Å². The average molecular weight is 287 g/mol. The third-order valence-electron chi connectivity index (χ3n) is 2.96. The Morgan fingerprint density at radius 2 is 2.05 bits per heavy atom. The molecule has 0 saturated heterocycles. The summed E-state index contributed by atoms with van der Waals surface area (Å²) in [6.45, 7) is 7.35. The number of pyridine rings is 1. The molecule has 0 atom stereocenters. The molecule has 110 valence electrons. The van der Waals surface area contributed by atoms with E-state index in [1.807, 2.05) is 19.1 Å². The number of esters is 1. The van der Waals surface area contributed by atoms with E-state index in [1.165, 1.54) is 0 Å². The molecule has 0 aliphatic heterocycles. The van der Waals surface area contributed by atoms with Crippen LogP contribution in [0.1, 0.15) is 12.5 Å². The normalized spacial score (nSPS) is 10.4. The number of rotatable bonds is 5. The second kappa shape index (κ2) is 6.26. The summed E-state index contributed by atoms with van der Waals surface area (Å²) >= 11 is 0. The average Bonchev–Trinajstić information content (AvgIpc) is 2.42. The predicted molar refractivity (Wildman–Crippen MR) is 80.6 cm³/mol. The lowest BCUT2D eigenvalue weighted by atomic mass is 10.1. The van der Waals surface area contributed by atoms with Crippen LogP contribution in [0.2, 0.25) is 0 Å². The summed E-state index contributed by atoms with van der Waals surface area (Å²) in [5, 5.41) is 0.968. The highest BCUT2D eigenvalue weighted by Crippen LogP contribution is 2.20. The molecule has 0 fully saturated rings. The summed E-state index contributed by atoms with van der Waals surface area (Å²) in [5.41, 5.74) is 1.84. The summed E-state index contributed by atoms with van der Waals surface area (Å²) in [7, 11) is 0. The van der Waals surface area contributed by atoms with Crippen molar-refractivity contribution in [3.8, 4) is 5.75 Å². The van der Waals surface area contributed by atoms with E-state index in [4.69, 9.17) is 9.47 Å². The van der Waals surface area contributed by atoms with Gasteiger partial charge < -0.3 is 14.5 Å². The van der Waals surface area contributed by atoms with Gasteiger partial charge in [0.2, 0.25) is 5.56 Å². The highest BCUT2D eigenvalue weighted by atomic mass is 16.6. The molecule has 0 spiro atoms. The minimum atomic E-state index is -0.433. The number of H-pyrrole nitrogens is 1. The Kier molecular flexibility index (Phi) is 4.42. The molecule has 0 aliphatic carbocycles. The Morgan fingerprint density at radius 1 is 1.29 bits per heavy atom. The van der Waals surface area contributed by atoms with Crippen LogP contribution in [0.3, 0.4) is 0 Å². The molecule has 1 N–H and O–H groups in total. The fourth-order valence-electron chi connectivity index (χ4n) is 1.92. The molecule has 1 heterocycles. The first-order valence-electron chi connectivity index (χ1n) is 6.56.